The van der Waals surface area contributed by atoms with E-state index in [2.05, 4.69) is 5.32 Å². The zero-order valence-electron chi connectivity index (χ0n) is 14.1. The van der Waals surface area contributed by atoms with Gasteiger partial charge in [0.15, 0.2) is 5.78 Å². The van der Waals surface area contributed by atoms with Crippen LogP contribution in [0, 0.1) is 0 Å². The molecule has 0 aromatic heterocycles. The van der Waals surface area contributed by atoms with Crippen LogP contribution in [0.2, 0.25) is 0 Å². The molecule has 0 bridgehead atoms. The summed E-state index contributed by atoms with van der Waals surface area (Å²) >= 11 is 0. The van der Waals surface area contributed by atoms with E-state index < -0.39 is 28.7 Å². The van der Waals surface area contributed by atoms with E-state index in [1.807, 2.05) is 6.08 Å². The van der Waals surface area contributed by atoms with Gasteiger partial charge in [-0.1, -0.05) is 48.5 Å². The van der Waals surface area contributed by atoms with Crippen molar-refractivity contribution < 1.29 is 23.1 Å². The third-order valence-electron chi connectivity index (χ3n) is 5.06. The number of fused-ring (bicyclic) bond motifs is 2. The highest BCUT2D eigenvalue weighted by Gasteiger charge is 2.60. The Bertz CT molecular complexity index is 939. The molecule has 27 heavy (non-hydrogen) atoms. The Labute approximate surface area is 160 Å². The summed E-state index contributed by atoms with van der Waals surface area (Å²) < 4.78 is 42.0. The van der Waals surface area contributed by atoms with Gasteiger partial charge in [0.1, 0.15) is 0 Å². The van der Waals surface area contributed by atoms with E-state index in [4.69, 9.17) is 0 Å². The predicted molar refractivity (Wildman–Crippen MR) is 98.1 cm³/mol. The number of carbonyl (C=O) groups is 1. The third kappa shape index (κ3) is 2.79. The van der Waals surface area contributed by atoms with E-state index in [9.17, 15) is 23.1 Å². The predicted octanol–water partition coefficient (Wildman–Crippen LogP) is 3.83. The number of benzene rings is 2. The average molecular weight is 396 g/mol. The number of nitrogens with one attached hydrogen (secondary N) is 1. The number of hydrogen-bond acceptors (Lipinski definition) is 3. The maximum absolute atomic E-state index is 14.0. The van der Waals surface area contributed by atoms with Crippen LogP contribution < -0.4 is 5.32 Å². The molecule has 1 unspecified atom stereocenters. The average Bonchev–Trinajstić information content (AvgIpc) is 2.65. The van der Waals surface area contributed by atoms with Crippen LogP contribution in [0.25, 0.3) is 5.57 Å². The van der Waals surface area contributed by atoms with Crippen LogP contribution in [0.15, 0.2) is 48.5 Å². The first kappa shape index (κ1) is 19.6. The summed E-state index contributed by atoms with van der Waals surface area (Å²) in [6.07, 6.45) is -2.48. The van der Waals surface area contributed by atoms with Gasteiger partial charge in [0.05, 0.1) is 0 Å². The number of hydrogen-bond donors (Lipinski definition) is 2. The molecule has 4 rings (SSSR count). The lowest BCUT2D eigenvalue weighted by Crippen LogP contribution is -2.48. The minimum Gasteiger partial charge on any atom is -0.372 e. The van der Waals surface area contributed by atoms with E-state index in [-0.39, 0.29) is 23.5 Å². The molecule has 0 fully saturated rings. The van der Waals surface area contributed by atoms with Gasteiger partial charge in [-0.15, -0.1) is 12.4 Å². The highest BCUT2D eigenvalue weighted by molar-refractivity contribution is 6.15. The first-order valence-electron chi connectivity index (χ1n) is 8.32. The molecule has 142 valence electrons. The highest BCUT2D eigenvalue weighted by atomic mass is 35.5. The standard InChI is InChI=1S/C20H16F3NO2.ClH/c21-20(22,23)19(26)15-6-2-1-4-14(15)18(25)17-13(5-3-7-16(17)19)12-8-10-24-11-9-12;/h1-8,24,26H,9-11H2;1H. The first-order valence-corrected chi connectivity index (χ1v) is 8.32. The van der Waals surface area contributed by atoms with E-state index in [1.165, 1.54) is 36.4 Å². The minimum absolute atomic E-state index is 0. The molecule has 0 saturated heterocycles. The number of alkyl halides is 3. The zero-order valence-corrected chi connectivity index (χ0v) is 15.0. The van der Waals surface area contributed by atoms with Crippen LogP contribution in [-0.2, 0) is 5.60 Å². The topological polar surface area (TPSA) is 49.3 Å². The van der Waals surface area contributed by atoms with Crippen LogP contribution >= 0.6 is 12.4 Å². The fourth-order valence-corrected chi connectivity index (χ4v) is 3.81. The second kappa shape index (κ2) is 6.78. The van der Waals surface area contributed by atoms with Crippen molar-refractivity contribution in [1.29, 1.82) is 0 Å². The van der Waals surface area contributed by atoms with Gasteiger partial charge >= 0.3 is 6.18 Å². The molecule has 2 aromatic carbocycles. The maximum Gasteiger partial charge on any atom is 0.425 e. The summed E-state index contributed by atoms with van der Waals surface area (Å²) in [6, 6.07) is 9.72. The van der Waals surface area contributed by atoms with Crippen molar-refractivity contribution in [3.63, 3.8) is 0 Å². The van der Waals surface area contributed by atoms with Gasteiger partial charge in [-0.2, -0.15) is 13.2 Å². The number of carbonyl (C=O) groups excluding carboxylic acids is 1. The third-order valence-corrected chi connectivity index (χ3v) is 5.06. The Morgan fingerprint density at radius 3 is 2.33 bits per heavy atom. The molecule has 0 spiro atoms. The van der Waals surface area contributed by atoms with Gasteiger partial charge in [-0.05, 0) is 24.1 Å². The molecular formula is C20H17ClF3NO2. The summed E-state index contributed by atoms with van der Waals surface area (Å²) in [5.74, 6) is -0.487. The molecule has 2 aliphatic rings. The molecule has 7 heteroatoms. The van der Waals surface area contributed by atoms with Crippen LogP contribution in [-0.4, -0.2) is 30.2 Å². The van der Waals surface area contributed by atoms with Crippen molar-refractivity contribution in [1.82, 2.24) is 5.32 Å². The van der Waals surface area contributed by atoms with Crippen molar-refractivity contribution >= 4 is 23.8 Å². The van der Waals surface area contributed by atoms with E-state index >= 15 is 0 Å². The largest absolute Gasteiger partial charge is 0.425 e. The van der Waals surface area contributed by atoms with Crippen molar-refractivity contribution in [2.45, 2.75) is 18.2 Å². The molecule has 0 saturated carbocycles. The Hall–Kier alpha value is -2.15. The molecule has 2 N–H and O–H groups in total. The quantitative estimate of drug-likeness (QED) is 0.771. The summed E-state index contributed by atoms with van der Waals surface area (Å²) in [5, 5.41) is 14.0. The summed E-state index contributed by atoms with van der Waals surface area (Å²) in [5.41, 5.74) is -2.91. The van der Waals surface area contributed by atoms with Crippen LogP contribution in [0.5, 0.6) is 0 Å². The Morgan fingerprint density at radius 1 is 1.00 bits per heavy atom. The minimum atomic E-state index is -4.96. The number of rotatable bonds is 1. The number of halogens is 4. The normalized spacial score (nSPS) is 21.6. The lowest BCUT2D eigenvalue weighted by molar-refractivity contribution is -0.248. The molecule has 3 nitrogen and oxygen atoms in total. The van der Waals surface area contributed by atoms with Crippen LogP contribution in [0.1, 0.15) is 39.0 Å². The lowest BCUT2D eigenvalue weighted by atomic mass is 9.71. The molecule has 0 radical (unpaired) electrons. The molecule has 1 aliphatic carbocycles. The second-order valence-electron chi connectivity index (χ2n) is 6.49. The van der Waals surface area contributed by atoms with Gasteiger partial charge < -0.3 is 10.4 Å². The Morgan fingerprint density at radius 2 is 1.67 bits per heavy atom. The van der Waals surface area contributed by atoms with Crippen LogP contribution in [0.3, 0.4) is 0 Å². The van der Waals surface area contributed by atoms with Gasteiger partial charge in [-0.3, -0.25) is 4.79 Å². The molecule has 1 heterocycles. The Balaban J connectivity index is 0.00000210. The molecule has 2 aromatic rings. The second-order valence-corrected chi connectivity index (χ2v) is 6.49. The van der Waals surface area contributed by atoms with Crippen LogP contribution in [0.4, 0.5) is 13.2 Å². The first-order chi connectivity index (χ1) is 12.4. The molecular weight excluding hydrogens is 379 g/mol. The summed E-state index contributed by atoms with van der Waals surface area (Å²) in [6.45, 7) is 1.27. The van der Waals surface area contributed by atoms with Gasteiger partial charge in [0.25, 0.3) is 0 Å². The number of aliphatic hydroxyl groups is 1. The summed E-state index contributed by atoms with van der Waals surface area (Å²) in [4.78, 5) is 13.1. The zero-order chi connectivity index (χ0) is 18.5. The van der Waals surface area contributed by atoms with Gasteiger partial charge in [0.2, 0.25) is 5.60 Å². The molecule has 1 aliphatic heterocycles. The van der Waals surface area contributed by atoms with Crippen molar-refractivity contribution in [3.05, 3.63) is 76.4 Å². The van der Waals surface area contributed by atoms with Gasteiger partial charge in [-0.25, -0.2) is 0 Å². The fraction of sp³-hybridized carbons (Fsp3) is 0.250. The van der Waals surface area contributed by atoms with Crippen molar-refractivity contribution in [3.8, 4) is 0 Å². The molecule has 1 atom stereocenters. The smallest absolute Gasteiger partial charge is 0.372 e. The maximum atomic E-state index is 14.0. The van der Waals surface area contributed by atoms with E-state index in [0.717, 1.165) is 5.57 Å². The lowest BCUT2D eigenvalue weighted by Gasteiger charge is -2.38. The van der Waals surface area contributed by atoms with E-state index in [0.29, 0.717) is 25.1 Å². The van der Waals surface area contributed by atoms with Crippen molar-refractivity contribution in [2.24, 2.45) is 0 Å². The SMILES string of the molecule is Cl.O=C1c2ccccc2C(O)(C(F)(F)F)c2cccc(C3=CCNCC3)c21. The van der Waals surface area contributed by atoms with E-state index in [1.54, 1.807) is 6.07 Å². The Kier molecular flexibility index (Phi) is 4.93. The van der Waals surface area contributed by atoms with Crippen molar-refractivity contribution in [2.75, 3.05) is 13.1 Å². The highest BCUT2D eigenvalue weighted by Crippen LogP contribution is 2.50. The number of ketones is 1. The molecule has 0 amide bonds. The fourth-order valence-electron chi connectivity index (χ4n) is 3.81. The van der Waals surface area contributed by atoms with Gasteiger partial charge in [0, 0.05) is 28.8 Å². The summed E-state index contributed by atoms with van der Waals surface area (Å²) in [7, 11) is 0. The monoisotopic (exact) mass is 395 g/mol.